The summed E-state index contributed by atoms with van der Waals surface area (Å²) in [6, 6.07) is 7.08. The number of carbonyl (C=O) groups is 2. The van der Waals surface area contributed by atoms with Crippen molar-refractivity contribution < 1.29 is 14.7 Å². The van der Waals surface area contributed by atoms with Crippen LogP contribution < -0.4 is 0 Å². The first-order valence-corrected chi connectivity index (χ1v) is 9.64. The number of ketones is 1. The Balaban J connectivity index is 1.68. The Bertz CT molecular complexity index is 782. The topological polar surface area (TPSA) is 70.0 Å². The SMILES string of the molecule is CC1CCN(C(=O)c2ccc(N=CC3=C(O)CC(C)(C)CC3=O)cc2)CC1. The number of rotatable bonds is 3. The van der Waals surface area contributed by atoms with Crippen LogP contribution in [-0.4, -0.2) is 41.0 Å². The van der Waals surface area contributed by atoms with Crippen LogP contribution in [0.3, 0.4) is 0 Å². The Hall–Kier alpha value is -2.43. The Morgan fingerprint density at radius 1 is 1.19 bits per heavy atom. The number of hydrogen-bond donors (Lipinski definition) is 1. The highest BCUT2D eigenvalue weighted by molar-refractivity contribution is 6.14. The summed E-state index contributed by atoms with van der Waals surface area (Å²) in [6.07, 6.45) is 4.42. The predicted molar refractivity (Wildman–Crippen MR) is 107 cm³/mol. The van der Waals surface area contributed by atoms with Crippen molar-refractivity contribution in [2.24, 2.45) is 16.3 Å². The summed E-state index contributed by atoms with van der Waals surface area (Å²) >= 11 is 0. The number of aliphatic hydroxyl groups is 1. The summed E-state index contributed by atoms with van der Waals surface area (Å²) in [7, 11) is 0. The molecular formula is C22H28N2O3. The fraction of sp³-hybridized carbons (Fsp3) is 0.500. The maximum atomic E-state index is 12.6. The van der Waals surface area contributed by atoms with E-state index in [0.717, 1.165) is 25.9 Å². The highest BCUT2D eigenvalue weighted by Crippen LogP contribution is 2.35. The van der Waals surface area contributed by atoms with E-state index < -0.39 is 0 Å². The molecule has 1 heterocycles. The zero-order valence-corrected chi connectivity index (χ0v) is 16.4. The largest absolute Gasteiger partial charge is 0.511 e. The molecule has 27 heavy (non-hydrogen) atoms. The normalized spacial score (nSPS) is 21.1. The average Bonchev–Trinajstić information content (AvgIpc) is 2.60. The lowest BCUT2D eigenvalue weighted by molar-refractivity contribution is -0.117. The van der Waals surface area contributed by atoms with Crippen LogP contribution >= 0.6 is 0 Å². The van der Waals surface area contributed by atoms with Crippen molar-refractivity contribution in [3.8, 4) is 0 Å². The Morgan fingerprint density at radius 2 is 1.81 bits per heavy atom. The lowest BCUT2D eigenvalue weighted by Gasteiger charge is -2.30. The molecule has 5 nitrogen and oxygen atoms in total. The van der Waals surface area contributed by atoms with Gasteiger partial charge >= 0.3 is 0 Å². The molecule has 1 N–H and O–H groups in total. The fourth-order valence-electron chi connectivity index (χ4n) is 3.67. The number of Topliss-reactive ketones (excluding diaryl/α,β-unsaturated/α-hetero) is 1. The molecule has 1 fully saturated rings. The first-order chi connectivity index (χ1) is 12.7. The van der Waals surface area contributed by atoms with Gasteiger partial charge in [0.15, 0.2) is 5.78 Å². The Kier molecular flexibility index (Phi) is 5.49. The molecule has 0 radical (unpaired) electrons. The van der Waals surface area contributed by atoms with Crippen LogP contribution in [-0.2, 0) is 4.79 Å². The number of nitrogens with zero attached hydrogens (tertiary/aromatic N) is 2. The molecule has 2 aliphatic rings. The van der Waals surface area contributed by atoms with Gasteiger partial charge in [-0.15, -0.1) is 0 Å². The number of piperidine rings is 1. The molecular weight excluding hydrogens is 340 g/mol. The molecule has 1 amide bonds. The molecule has 1 saturated heterocycles. The van der Waals surface area contributed by atoms with E-state index >= 15 is 0 Å². The van der Waals surface area contributed by atoms with Crippen molar-refractivity contribution in [3.05, 3.63) is 41.2 Å². The Morgan fingerprint density at radius 3 is 2.41 bits per heavy atom. The molecule has 3 rings (SSSR count). The van der Waals surface area contributed by atoms with Crippen LogP contribution in [0.25, 0.3) is 0 Å². The van der Waals surface area contributed by atoms with Crippen LogP contribution in [0.2, 0.25) is 0 Å². The van der Waals surface area contributed by atoms with Gasteiger partial charge in [-0.05, 0) is 48.4 Å². The monoisotopic (exact) mass is 368 g/mol. The van der Waals surface area contributed by atoms with Crippen LogP contribution in [0.15, 0.2) is 40.6 Å². The van der Waals surface area contributed by atoms with E-state index in [1.54, 1.807) is 24.3 Å². The molecule has 0 unspecified atom stereocenters. The van der Waals surface area contributed by atoms with Crippen LogP contribution in [0.1, 0.15) is 56.8 Å². The first-order valence-electron chi connectivity index (χ1n) is 9.64. The summed E-state index contributed by atoms with van der Waals surface area (Å²) in [4.78, 5) is 31.0. The zero-order chi connectivity index (χ0) is 19.6. The van der Waals surface area contributed by atoms with Crippen molar-refractivity contribution in [1.29, 1.82) is 0 Å². The van der Waals surface area contributed by atoms with Crippen LogP contribution in [0.5, 0.6) is 0 Å². The van der Waals surface area contributed by atoms with Crippen LogP contribution in [0.4, 0.5) is 5.69 Å². The summed E-state index contributed by atoms with van der Waals surface area (Å²) < 4.78 is 0. The van der Waals surface area contributed by atoms with E-state index in [0.29, 0.717) is 30.0 Å². The molecule has 144 valence electrons. The quantitative estimate of drug-likeness (QED) is 0.801. The van der Waals surface area contributed by atoms with Crippen molar-refractivity contribution >= 4 is 23.6 Å². The van der Waals surface area contributed by atoms with Crippen molar-refractivity contribution in [2.75, 3.05) is 13.1 Å². The third-order valence-electron chi connectivity index (χ3n) is 5.42. The minimum Gasteiger partial charge on any atom is -0.511 e. The average molecular weight is 368 g/mol. The number of carbonyl (C=O) groups excluding carboxylic acids is 2. The number of benzene rings is 1. The van der Waals surface area contributed by atoms with Gasteiger partial charge in [0.2, 0.25) is 0 Å². The number of aliphatic imine (C=N–C) groups is 1. The molecule has 0 aromatic heterocycles. The molecule has 0 saturated carbocycles. The van der Waals surface area contributed by atoms with E-state index in [1.807, 2.05) is 18.7 Å². The second-order valence-corrected chi connectivity index (χ2v) is 8.58. The van der Waals surface area contributed by atoms with E-state index in [9.17, 15) is 14.7 Å². The van der Waals surface area contributed by atoms with Gasteiger partial charge in [0, 0.05) is 37.7 Å². The third-order valence-corrected chi connectivity index (χ3v) is 5.42. The number of allylic oxidation sites excluding steroid dienone is 2. The number of likely N-dealkylation sites (tertiary alicyclic amines) is 1. The predicted octanol–water partition coefficient (Wildman–Crippen LogP) is 4.46. The number of hydrogen-bond acceptors (Lipinski definition) is 4. The molecule has 1 aliphatic carbocycles. The van der Waals surface area contributed by atoms with E-state index in [-0.39, 0.29) is 28.4 Å². The fourth-order valence-corrected chi connectivity index (χ4v) is 3.67. The van der Waals surface area contributed by atoms with E-state index in [2.05, 4.69) is 11.9 Å². The van der Waals surface area contributed by atoms with Crippen LogP contribution in [0, 0.1) is 11.3 Å². The van der Waals surface area contributed by atoms with Crippen molar-refractivity contribution in [1.82, 2.24) is 4.90 Å². The lowest BCUT2D eigenvalue weighted by Crippen LogP contribution is -2.37. The highest BCUT2D eigenvalue weighted by Gasteiger charge is 2.32. The maximum Gasteiger partial charge on any atom is 0.253 e. The van der Waals surface area contributed by atoms with Gasteiger partial charge < -0.3 is 10.0 Å². The van der Waals surface area contributed by atoms with Crippen molar-refractivity contribution in [2.45, 2.75) is 46.5 Å². The number of amides is 1. The first kappa shape index (κ1) is 19.3. The third kappa shape index (κ3) is 4.65. The summed E-state index contributed by atoms with van der Waals surface area (Å²) in [6.45, 7) is 7.78. The standard InChI is InChI=1S/C22H28N2O3/c1-15-8-10-24(11-9-15)21(27)16-4-6-17(7-5-16)23-14-18-19(25)12-22(2,3)13-20(18)26/h4-7,14-15,25H,8-13H2,1-3H3. The van der Waals surface area contributed by atoms with Gasteiger partial charge in [0.05, 0.1) is 11.3 Å². The van der Waals surface area contributed by atoms with Crippen molar-refractivity contribution in [3.63, 3.8) is 0 Å². The van der Waals surface area contributed by atoms with Gasteiger partial charge in [0.1, 0.15) is 5.76 Å². The lowest BCUT2D eigenvalue weighted by atomic mass is 9.77. The summed E-state index contributed by atoms with van der Waals surface area (Å²) in [5.74, 6) is 0.761. The molecule has 0 spiro atoms. The smallest absolute Gasteiger partial charge is 0.253 e. The van der Waals surface area contributed by atoms with E-state index in [1.165, 1.54) is 6.21 Å². The molecule has 1 aromatic carbocycles. The van der Waals surface area contributed by atoms with Gasteiger partial charge in [0.25, 0.3) is 5.91 Å². The second kappa shape index (κ2) is 7.67. The minimum absolute atomic E-state index is 0.0578. The number of aliphatic hydroxyl groups excluding tert-OH is 1. The van der Waals surface area contributed by atoms with Gasteiger partial charge in [-0.3, -0.25) is 14.6 Å². The van der Waals surface area contributed by atoms with E-state index in [4.69, 9.17) is 0 Å². The minimum atomic E-state index is -0.216. The van der Waals surface area contributed by atoms with Gasteiger partial charge in [-0.25, -0.2) is 0 Å². The molecule has 0 atom stereocenters. The Labute approximate surface area is 160 Å². The zero-order valence-electron chi connectivity index (χ0n) is 16.4. The molecule has 5 heteroatoms. The van der Waals surface area contributed by atoms with Gasteiger partial charge in [-0.1, -0.05) is 20.8 Å². The summed E-state index contributed by atoms with van der Waals surface area (Å²) in [5.41, 5.74) is 1.38. The molecule has 0 bridgehead atoms. The molecule has 1 aromatic rings. The van der Waals surface area contributed by atoms with Gasteiger partial charge in [-0.2, -0.15) is 0 Å². The summed E-state index contributed by atoms with van der Waals surface area (Å²) in [5, 5.41) is 10.2. The highest BCUT2D eigenvalue weighted by atomic mass is 16.3. The second-order valence-electron chi connectivity index (χ2n) is 8.58. The maximum absolute atomic E-state index is 12.6. The molecule has 1 aliphatic heterocycles.